The standard InChI is InChI=1S/C25H29F2NO4/c26-17-6-21(24(30)31)28(11-17)23(29)19-7-18(15-1-2-15)22(8-20(19)27)32-12-25-9-13-3-14(10-25)5-16(25)4-13/h7-8,13-17,21H,1-6,9-12H2,(H,30,31)/t13?,14?,16?,17-,21+,25?/m1/s1. The number of benzene rings is 1. The molecule has 1 aromatic rings. The Hall–Kier alpha value is -2.18. The molecule has 7 rings (SSSR count). The van der Waals surface area contributed by atoms with Gasteiger partial charge in [-0.3, -0.25) is 4.79 Å². The van der Waals surface area contributed by atoms with Crippen LogP contribution in [0.2, 0.25) is 0 Å². The highest BCUT2D eigenvalue weighted by Gasteiger charge is 2.58. The summed E-state index contributed by atoms with van der Waals surface area (Å²) in [4.78, 5) is 25.4. The molecule has 1 aromatic carbocycles. The van der Waals surface area contributed by atoms with E-state index in [1.54, 1.807) is 0 Å². The minimum Gasteiger partial charge on any atom is -0.493 e. The van der Waals surface area contributed by atoms with Crippen LogP contribution in [0.3, 0.4) is 0 Å². The number of carbonyl (C=O) groups is 2. The minimum absolute atomic E-state index is 0.182. The van der Waals surface area contributed by atoms with E-state index in [1.807, 2.05) is 0 Å². The van der Waals surface area contributed by atoms with E-state index in [9.17, 15) is 19.1 Å². The molecule has 32 heavy (non-hydrogen) atoms. The van der Waals surface area contributed by atoms with Gasteiger partial charge in [0.05, 0.1) is 18.7 Å². The van der Waals surface area contributed by atoms with Gasteiger partial charge < -0.3 is 14.7 Å². The number of carboxylic acids is 1. The molecule has 5 saturated carbocycles. The lowest BCUT2D eigenvalue weighted by Crippen LogP contribution is -2.41. The van der Waals surface area contributed by atoms with Crippen LogP contribution in [0.5, 0.6) is 5.75 Å². The Morgan fingerprint density at radius 3 is 2.50 bits per heavy atom. The van der Waals surface area contributed by atoms with Gasteiger partial charge in [0.2, 0.25) is 0 Å². The molecule has 1 N–H and O–H groups in total. The van der Waals surface area contributed by atoms with E-state index in [1.165, 1.54) is 44.2 Å². The first-order chi connectivity index (χ1) is 15.3. The summed E-state index contributed by atoms with van der Waals surface area (Å²) in [5.74, 6) is 0.356. The zero-order valence-corrected chi connectivity index (χ0v) is 18.1. The van der Waals surface area contributed by atoms with E-state index in [0.29, 0.717) is 12.4 Å². The van der Waals surface area contributed by atoms with Crippen LogP contribution in [0.25, 0.3) is 0 Å². The highest BCUT2D eigenvalue weighted by Crippen LogP contribution is 2.65. The maximum absolute atomic E-state index is 15.1. The first-order valence-electron chi connectivity index (χ1n) is 12.0. The Labute approximate surface area is 186 Å². The lowest BCUT2D eigenvalue weighted by Gasteiger charge is -2.33. The van der Waals surface area contributed by atoms with Crippen LogP contribution < -0.4 is 4.74 Å². The summed E-state index contributed by atoms with van der Waals surface area (Å²) in [6, 6.07) is 1.57. The molecule has 5 aliphatic carbocycles. The molecular formula is C25H29F2NO4. The Balaban J connectivity index is 1.26. The van der Waals surface area contributed by atoms with Crippen molar-refractivity contribution in [2.45, 2.75) is 69.5 Å². The van der Waals surface area contributed by atoms with Crippen LogP contribution in [-0.2, 0) is 4.79 Å². The molecule has 0 radical (unpaired) electrons. The fourth-order valence-electron chi connectivity index (χ4n) is 7.39. The number of hydrogen-bond acceptors (Lipinski definition) is 3. The van der Waals surface area contributed by atoms with E-state index in [2.05, 4.69) is 0 Å². The molecule has 172 valence electrons. The fourth-order valence-corrected chi connectivity index (χ4v) is 7.39. The van der Waals surface area contributed by atoms with E-state index < -0.39 is 29.9 Å². The second-order valence-electron chi connectivity index (χ2n) is 11.0. The monoisotopic (exact) mass is 445 g/mol. The van der Waals surface area contributed by atoms with E-state index in [0.717, 1.165) is 41.1 Å². The summed E-state index contributed by atoms with van der Waals surface area (Å²) in [5.41, 5.74) is 0.866. The quantitative estimate of drug-likeness (QED) is 0.698. The van der Waals surface area contributed by atoms with Gasteiger partial charge in [0.15, 0.2) is 0 Å². The van der Waals surface area contributed by atoms with Crippen molar-refractivity contribution >= 4 is 11.9 Å². The van der Waals surface area contributed by atoms with Gasteiger partial charge in [-0.05, 0) is 80.2 Å². The summed E-state index contributed by atoms with van der Waals surface area (Å²) >= 11 is 0. The predicted octanol–water partition coefficient (Wildman–Crippen LogP) is 4.55. The number of rotatable bonds is 6. The van der Waals surface area contributed by atoms with Crippen molar-refractivity contribution in [2.24, 2.45) is 23.2 Å². The molecule has 6 aliphatic rings. The van der Waals surface area contributed by atoms with Gasteiger partial charge in [-0.1, -0.05) is 0 Å². The number of amides is 1. The topological polar surface area (TPSA) is 66.8 Å². The molecule has 6 fully saturated rings. The number of halogens is 2. The Morgan fingerprint density at radius 1 is 1.12 bits per heavy atom. The number of ether oxygens (including phenoxy) is 1. The third kappa shape index (κ3) is 3.22. The molecule has 7 heteroatoms. The number of alkyl halides is 1. The summed E-state index contributed by atoms with van der Waals surface area (Å²) in [6.07, 6.45) is 6.62. The Morgan fingerprint density at radius 2 is 1.84 bits per heavy atom. The molecule has 5 nitrogen and oxygen atoms in total. The van der Waals surface area contributed by atoms with Gasteiger partial charge >= 0.3 is 5.97 Å². The van der Waals surface area contributed by atoms with Crippen LogP contribution in [-0.4, -0.2) is 47.2 Å². The Bertz CT molecular complexity index is 963. The third-order valence-electron chi connectivity index (χ3n) is 8.82. The number of carboxylic acid groups (broad SMARTS) is 1. The van der Waals surface area contributed by atoms with Gasteiger partial charge in [-0.15, -0.1) is 0 Å². The number of carbonyl (C=O) groups excluding carboxylic acids is 1. The summed E-state index contributed by atoms with van der Waals surface area (Å²) in [7, 11) is 0. The summed E-state index contributed by atoms with van der Waals surface area (Å²) in [5, 5.41) is 9.36. The van der Waals surface area contributed by atoms with Crippen LogP contribution >= 0.6 is 0 Å². The maximum Gasteiger partial charge on any atom is 0.326 e. The van der Waals surface area contributed by atoms with Crippen molar-refractivity contribution in [3.05, 3.63) is 29.1 Å². The Kier molecular flexibility index (Phi) is 4.57. The molecule has 1 heterocycles. The van der Waals surface area contributed by atoms with Gasteiger partial charge in [-0.2, -0.15) is 0 Å². The van der Waals surface area contributed by atoms with Crippen molar-refractivity contribution in [1.82, 2.24) is 4.90 Å². The number of nitrogens with zero attached hydrogens (tertiary/aromatic N) is 1. The zero-order chi connectivity index (χ0) is 22.2. The fraction of sp³-hybridized carbons (Fsp3) is 0.680. The predicted molar refractivity (Wildman–Crippen MR) is 112 cm³/mol. The van der Waals surface area contributed by atoms with Crippen molar-refractivity contribution in [3.63, 3.8) is 0 Å². The zero-order valence-electron chi connectivity index (χ0n) is 18.1. The van der Waals surface area contributed by atoms with Gasteiger partial charge in [0, 0.05) is 17.9 Å². The summed E-state index contributed by atoms with van der Waals surface area (Å²) < 4.78 is 35.3. The minimum atomic E-state index is -1.41. The van der Waals surface area contributed by atoms with Crippen LogP contribution in [0.1, 0.15) is 73.2 Å². The molecule has 4 atom stereocenters. The van der Waals surface area contributed by atoms with Crippen molar-refractivity contribution in [3.8, 4) is 5.75 Å². The second kappa shape index (κ2) is 7.16. The average molecular weight is 446 g/mol. The maximum atomic E-state index is 15.1. The molecule has 0 aromatic heterocycles. The molecule has 2 unspecified atom stereocenters. The first kappa shape index (κ1) is 20.4. The molecule has 1 amide bonds. The van der Waals surface area contributed by atoms with E-state index in [-0.39, 0.29) is 29.9 Å². The smallest absolute Gasteiger partial charge is 0.326 e. The highest BCUT2D eigenvalue weighted by atomic mass is 19.1. The number of likely N-dealkylation sites (tertiary alicyclic amines) is 1. The van der Waals surface area contributed by atoms with Crippen LogP contribution in [0.15, 0.2) is 12.1 Å². The number of hydrogen-bond donors (Lipinski definition) is 1. The molecule has 1 saturated heterocycles. The third-order valence-corrected chi connectivity index (χ3v) is 8.82. The van der Waals surface area contributed by atoms with Crippen molar-refractivity contribution in [2.75, 3.05) is 13.2 Å². The average Bonchev–Trinajstić information content (AvgIpc) is 3.40. The van der Waals surface area contributed by atoms with Crippen LogP contribution in [0, 0.1) is 29.0 Å². The van der Waals surface area contributed by atoms with Gasteiger partial charge in [-0.25, -0.2) is 13.6 Å². The largest absolute Gasteiger partial charge is 0.493 e. The van der Waals surface area contributed by atoms with Gasteiger partial charge in [0.1, 0.15) is 23.8 Å². The lowest BCUT2D eigenvalue weighted by molar-refractivity contribution is -0.141. The molecular weight excluding hydrogens is 416 g/mol. The first-order valence-corrected chi connectivity index (χ1v) is 12.0. The van der Waals surface area contributed by atoms with Crippen LogP contribution in [0.4, 0.5) is 8.78 Å². The SMILES string of the molecule is O=C(O)[C@@H]1C[C@@H](F)CN1C(=O)c1cc(C2CC2)c(OCC23CC4CC(CC2C4)C3)cc1F. The normalized spacial score (nSPS) is 37.3. The van der Waals surface area contributed by atoms with Crippen molar-refractivity contribution < 1.29 is 28.2 Å². The van der Waals surface area contributed by atoms with E-state index in [4.69, 9.17) is 4.74 Å². The molecule has 4 bridgehead atoms. The van der Waals surface area contributed by atoms with E-state index >= 15 is 4.39 Å². The summed E-state index contributed by atoms with van der Waals surface area (Å²) in [6.45, 7) is 0.284. The molecule has 1 aliphatic heterocycles. The second-order valence-corrected chi connectivity index (χ2v) is 11.0. The highest BCUT2D eigenvalue weighted by molar-refractivity contribution is 5.97. The lowest BCUT2D eigenvalue weighted by atomic mass is 9.76. The van der Waals surface area contributed by atoms with Gasteiger partial charge in [0.25, 0.3) is 5.91 Å². The van der Waals surface area contributed by atoms with Crippen molar-refractivity contribution in [1.29, 1.82) is 0 Å². The number of aliphatic carboxylic acids is 1. The molecule has 0 spiro atoms.